The monoisotopic (exact) mass is 193 g/mol. The van der Waals surface area contributed by atoms with E-state index in [4.69, 9.17) is 0 Å². The SMILES string of the molecule is CCNc1cc(C2CCCCC2)[nH]n1. The quantitative estimate of drug-likeness (QED) is 0.775. The summed E-state index contributed by atoms with van der Waals surface area (Å²) in [6.07, 6.45) is 6.81. The molecule has 0 atom stereocenters. The fourth-order valence-electron chi connectivity index (χ4n) is 2.23. The van der Waals surface area contributed by atoms with E-state index >= 15 is 0 Å². The van der Waals surface area contributed by atoms with Crippen LogP contribution in [0.3, 0.4) is 0 Å². The minimum absolute atomic E-state index is 0.726. The largest absolute Gasteiger partial charge is 0.369 e. The molecule has 1 aromatic rings. The van der Waals surface area contributed by atoms with E-state index in [9.17, 15) is 0 Å². The van der Waals surface area contributed by atoms with Crippen LogP contribution in [0.4, 0.5) is 5.82 Å². The first-order valence-corrected chi connectivity index (χ1v) is 5.69. The lowest BCUT2D eigenvalue weighted by Gasteiger charge is -2.19. The molecule has 1 aromatic heterocycles. The first kappa shape index (κ1) is 9.56. The van der Waals surface area contributed by atoms with Gasteiger partial charge >= 0.3 is 0 Å². The summed E-state index contributed by atoms with van der Waals surface area (Å²) in [6, 6.07) is 2.17. The Balaban J connectivity index is 2.00. The van der Waals surface area contributed by atoms with Gasteiger partial charge in [0.1, 0.15) is 5.82 Å². The lowest BCUT2D eigenvalue weighted by Crippen LogP contribution is -2.04. The third-order valence-electron chi connectivity index (χ3n) is 3.00. The van der Waals surface area contributed by atoms with Crippen LogP contribution in [-0.2, 0) is 0 Å². The van der Waals surface area contributed by atoms with E-state index in [1.165, 1.54) is 37.8 Å². The molecule has 0 aliphatic heterocycles. The van der Waals surface area contributed by atoms with Crippen molar-refractivity contribution in [3.8, 4) is 0 Å². The molecule has 0 saturated heterocycles. The second kappa shape index (κ2) is 4.49. The third kappa shape index (κ3) is 2.08. The average molecular weight is 193 g/mol. The summed E-state index contributed by atoms with van der Waals surface area (Å²) < 4.78 is 0. The summed E-state index contributed by atoms with van der Waals surface area (Å²) in [5.74, 6) is 1.72. The highest BCUT2D eigenvalue weighted by molar-refractivity contribution is 5.36. The molecule has 0 aromatic carbocycles. The minimum atomic E-state index is 0.726. The summed E-state index contributed by atoms with van der Waals surface area (Å²) in [6.45, 7) is 3.03. The van der Waals surface area contributed by atoms with Gasteiger partial charge in [-0.25, -0.2) is 0 Å². The molecule has 3 nitrogen and oxygen atoms in total. The number of aromatic nitrogens is 2. The normalized spacial score (nSPS) is 18.4. The molecule has 1 heterocycles. The zero-order chi connectivity index (χ0) is 9.80. The maximum absolute atomic E-state index is 4.25. The maximum atomic E-state index is 4.25. The van der Waals surface area contributed by atoms with Crippen molar-refractivity contribution in [2.75, 3.05) is 11.9 Å². The molecule has 0 amide bonds. The molecule has 0 bridgehead atoms. The number of hydrogen-bond acceptors (Lipinski definition) is 2. The van der Waals surface area contributed by atoms with Gasteiger partial charge < -0.3 is 5.32 Å². The topological polar surface area (TPSA) is 40.7 Å². The number of H-pyrrole nitrogens is 1. The van der Waals surface area contributed by atoms with Crippen molar-refractivity contribution >= 4 is 5.82 Å². The predicted octanol–water partition coefficient (Wildman–Crippen LogP) is 2.89. The number of aromatic amines is 1. The number of nitrogens with one attached hydrogen (secondary N) is 2. The van der Waals surface area contributed by atoms with E-state index in [1.807, 2.05) is 0 Å². The van der Waals surface area contributed by atoms with Crippen molar-refractivity contribution in [2.24, 2.45) is 0 Å². The smallest absolute Gasteiger partial charge is 0.148 e. The Labute approximate surface area is 85.3 Å². The molecule has 0 spiro atoms. The van der Waals surface area contributed by atoms with Crippen molar-refractivity contribution in [3.05, 3.63) is 11.8 Å². The van der Waals surface area contributed by atoms with Crippen LogP contribution >= 0.6 is 0 Å². The summed E-state index contributed by atoms with van der Waals surface area (Å²) in [5.41, 5.74) is 1.32. The van der Waals surface area contributed by atoms with E-state index in [0.29, 0.717) is 0 Å². The van der Waals surface area contributed by atoms with E-state index in [-0.39, 0.29) is 0 Å². The van der Waals surface area contributed by atoms with Crippen LogP contribution in [0.1, 0.15) is 50.6 Å². The van der Waals surface area contributed by atoms with Crippen LogP contribution in [0.5, 0.6) is 0 Å². The minimum Gasteiger partial charge on any atom is -0.369 e. The first-order valence-electron chi connectivity index (χ1n) is 5.69. The van der Waals surface area contributed by atoms with Gasteiger partial charge in [-0.2, -0.15) is 5.10 Å². The Kier molecular flexibility index (Phi) is 3.07. The molecule has 1 fully saturated rings. The highest BCUT2D eigenvalue weighted by atomic mass is 15.2. The van der Waals surface area contributed by atoms with Gasteiger partial charge in [-0.3, -0.25) is 5.10 Å². The summed E-state index contributed by atoms with van der Waals surface area (Å²) >= 11 is 0. The number of rotatable bonds is 3. The second-order valence-corrected chi connectivity index (χ2v) is 4.07. The van der Waals surface area contributed by atoms with Gasteiger partial charge in [0.2, 0.25) is 0 Å². The van der Waals surface area contributed by atoms with Gasteiger partial charge in [-0.15, -0.1) is 0 Å². The number of hydrogen-bond donors (Lipinski definition) is 2. The first-order chi connectivity index (χ1) is 6.90. The molecule has 0 unspecified atom stereocenters. The zero-order valence-corrected chi connectivity index (χ0v) is 8.84. The van der Waals surface area contributed by atoms with Gasteiger partial charge in [-0.1, -0.05) is 19.3 Å². The Morgan fingerprint density at radius 3 is 2.93 bits per heavy atom. The molecule has 2 rings (SSSR count). The maximum Gasteiger partial charge on any atom is 0.148 e. The van der Waals surface area contributed by atoms with Crippen LogP contribution < -0.4 is 5.32 Å². The molecule has 78 valence electrons. The summed E-state index contributed by atoms with van der Waals surface area (Å²) in [7, 11) is 0. The van der Waals surface area contributed by atoms with Crippen molar-refractivity contribution in [1.82, 2.24) is 10.2 Å². The van der Waals surface area contributed by atoms with Crippen LogP contribution in [0.25, 0.3) is 0 Å². The molecule has 0 radical (unpaired) electrons. The van der Waals surface area contributed by atoms with Crippen LogP contribution in [0, 0.1) is 0 Å². The van der Waals surface area contributed by atoms with Gasteiger partial charge in [0.25, 0.3) is 0 Å². The Hall–Kier alpha value is -0.990. The van der Waals surface area contributed by atoms with Crippen molar-refractivity contribution in [2.45, 2.75) is 44.9 Å². The molecule has 1 saturated carbocycles. The molecule has 1 aliphatic rings. The molecular weight excluding hydrogens is 174 g/mol. The van der Waals surface area contributed by atoms with Gasteiger partial charge in [0, 0.05) is 24.2 Å². The number of nitrogens with zero attached hydrogens (tertiary/aromatic N) is 1. The fraction of sp³-hybridized carbons (Fsp3) is 0.727. The van der Waals surface area contributed by atoms with E-state index in [1.54, 1.807) is 0 Å². The summed E-state index contributed by atoms with van der Waals surface area (Å²) in [4.78, 5) is 0. The Morgan fingerprint density at radius 1 is 1.43 bits per heavy atom. The van der Waals surface area contributed by atoms with Gasteiger partial charge in [0.05, 0.1) is 0 Å². The van der Waals surface area contributed by atoms with E-state index < -0.39 is 0 Å². The molecule has 14 heavy (non-hydrogen) atoms. The average Bonchev–Trinajstić information content (AvgIpc) is 2.68. The molecule has 2 N–H and O–H groups in total. The summed E-state index contributed by atoms with van der Waals surface area (Å²) in [5, 5.41) is 10.6. The lowest BCUT2D eigenvalue weighted by molar-refractivity contribution is 0.436. The zero-order valence-electron chi connectivity index (χ0n) is 8.84. The highest BCUT2D eigenvalue weighted by Crippen LogP contribution is 2.32. The Bertz CT molecular complexity index is 274. The van der Waals surface area contributed by atoms with Gasteiger partial charge in [-0.05, 0) is 19.8 Å². The molecular formula is C11H19N3. The van der Waals surface area contributed by atoms with Gasteiger partial charge in [0.15, 0.2) is 0 Å². The van der Waals surface area contributed by atoms with Crippen molar-refractivity contribution in [3.63, 3.8) is 0 Å². The van der Waals surface area contributed by atoms with Crippen LogP contribution in [0.2, 0.25) is 0 Å². The number of anilines is 1. The molecule has 3 heteroatoms. The van der Waals surface area contributed by atoms with Crippen LogP contribution in [0.15, 0.2) is 6.07 Å². The third-order valence-corrected chi connectivity index (χ3v) is 3.00. The standard InChI is InChI=1S/C11H19N3/c1-2-12-11-8-10(13-14-11)9-6-4-3-5-7-9/h8-9H,2-7H2,1H3,(H2,12,13,14). The Morgan fingerprint density at radius 2 is 2.21 bits per heavy atom. The molecule has 1 aliphatic carbocycles. The predicted molar refractivity (Wildman–Crippen MR) is 58.6 cm³/mol. The highest BCUT2D eigenvalue weighted by Gasteiger charge is 2.17. The van der Waals surface area contributed by atoms with Crippen molar-refractivity contribution < 1.29 is 0 Å². The van der Waals surface area contributed by atoms with Crippen molar-refractivity contribution in [1.29, 1.82) is 0 Å². The van der Waals surface area contributed by atoms with Crippen LogP contribution in [-0.4, -0.2) is 16.7 Å². The second-order valence-electron chi connectivity index (χ2n) is 4.07. The fourth-order valence-corrected chi connectivity index (χ4v) is 2.23. The van der Waals surface area contributed by atoms with E-state index in [2.05, 4.69) is 28.5 Å². The lowest BCUT2D eigenvalue weighted by atomic mass is 9.87. The van der Waals surface area contributed by atoms with E-state index in [0.717, 1.165) is 18.3 Å².